The summed E-state index contributed by atoms with van der Waals surface area (Å²) in [4.78, 5) is 19.7. The molecule has 7 nitrogen and oxygen atoms in total. The predicted molar refractivity (Wildman–Crippen MR) is 115 cm³/mol. The number of aliphatic hydroxyl groups excluding tert-OH is 1. The molecule has 0 aliphatic carbocycles. The molecule has 1 aromatic heterocycles. The van der Waals surface area contributed by atoms with E-state index in [1.54, 1.807) is 0 Å². The van der Waals surface area contributed by atoms with Gasteiger partial charge in [-0.3, -0.25) is 14.6 Å². The monoisotopic (exact) mass is 412 g/mol. The van der Waals surface area contributed by atoms with Crippen LogP contribution in [0.2, 0.25) is 0 Å². The van der Waals surface area contributed by atoms with Crippen LogP contribution in [-0.4, -0.2) is 94.4 Å². The minimum atomic E-state index is -0.185. The summed E-state index contributed by atoms with van der Waals surface area (Å²) in [6, 6.07) is 9.30. The highest BCUT2D eigenvalue weighted by Gasteiger charge is 2.38. The summed E-state index contributed by atoms with van der Waals surface area (Å²) < 4.78 is 7.49. The number of piperazine rings is 1. The summed E-state index contributed by atoms with van der Waals surface area (Å²) in [5.41, 5.74) is 2.40. The van der Waals surface area contributed by atoms with Crippen molar-refractivity contribution >= 4 is 16.8 Å². The van der Waals surface area contributed by atoms with Crippen molar-refractivity contribution in [3.05, 3.63) is 36.0 Å². The fourth-order valence-corrected chi connectivity index (χ4v) is 5.35. The number of aliphatic hydroxyl groups is 1. The summed E-state index contributed by atoms with van der Waals surface area (Å²) in [7, 11) is 0. The number of carbonyl (C=O) groups is 1. The van der Waals surface area contributed by atoms with E-state index in [0.717, 1.165) is 38.1 Å². The number of fused-ring (bicyclic) bond motifs is 2. The Labute approximate surface area is 177 Å². The Morgan fingerprint density at radius 2 is 1.97 bits per heavy atom. The van der Waals surface area contributed by atoms with Crippen LogP contribution in [0.5, 0.6) is 0 Å². The first kappa shape index (κ1) is 20.0. The SMILES string of the molecule is C[C@H]1CN2C[C@H](O)CC2CN1Cc1cn(CC(=O)N2CCOCC2)c2ccccc12. The number of hydrogen-bond donors (Lipinski definition) is 1. The smallest absolute Gasteiger partial charge is 0.242 e. The van der Waals surface area contributed by atoms with Crippen LogP contribution in [0, 0.1) is 0 Å². The average molecular weight is 413 g/mol. The number of rotatable bonds is 4. The fourth-order valence-electron chi connectivity index (χ4n) is 5.35. The van der Waals surface area contributed by atoms with Crippen LogP contribution in [0.1, 0.15) is 18.9 Å². The molecule has 0 bridgehead atoms. The van der Waals surface area contributed by atoms with E-state index >= 15 is 0 Å². The third-order valence-corrected chi connectivity index (χ3v) is 6.99. The number of morpholine rings is 1. The highest BCUT2D eigenvalue weighted by molar-refractivity contribution is 5.86. The zero-order chi connectivity index (χ0) is 20.7. The minimum Gasteiger partial charge on any atom is -0.392 e. The van der Waals surface area contributed by atoms with Crippen molar-refractivity contribution in [2.24, 2.45) is 0 Å². The summed E-state index contributed by atoms with van der Waals surface area (Å²) in [5, 5.41) is 11.3. The van der Waals surface area contributed by atoms with Gasteiger partial charge in [0.1, 0.15) is 6.54 Å². The third kappa shape index (κ3) is 3.87. The van der Waals surface area contributed by atoms with E-state index < -0.39 is 0 Å². The maximum Gasteiger partial charge on any atom is 0.242 e. The first-order chi connectivity index (χ1) is 14.6. The number of nitrogens with zero attached hydrogens (tertiary/aromatic N) is 4. The van der Waals surface area contributed by atoms with Crippen molar-refractivity contribution in [1.82, 2.24) is 19.3 Å². The number of para-hydroxylation sites is 1. The zero-order valence-corrected chi connectivity index (χ0v) is 17.7. The lowest BCUT2D eigenvalue weighted by Crippen LogP contribution is -2.54. The molecule has 0 saturated carbocycles. The Morgan fingerprint density at radius 1 is 1.17 bits per heavy atom. The standard InChI is InChI=1S/C23H32N4O3/c1-17-11-26-15-20(28)10-19(26)14-25(17)12-18-13-27(22-5-3-2-4-21(18)22)16-23(29)24-6-8-30-9-7-24/h2-5,13,17,19-20,28H,6-12,14-16H2,1H3/t17-,19?,20+/m0/s1. The first-order valence-corrected chi connectivity index (χ1v) is 11.2. The molecule has 3 fully saturated rings. The summed E-state index contributed by atoms with van der Waals surface area (Å²) in [5.74, 6) is 0.160. The molecule has 0 spiro atoms. The molecular formula is C23H32N4O3. The lowest BCUT2D eigenvalue weighted by atomic mass is 10.1. The van der Waals surface area contributed by atoms with Gasteiger partial charge >= 0.3 is 0 Å². The van der Waals surface area contributed by atoms with Gasteiger partial charge < -0.3 is 19.3 Å². The molecule has 3 aliphatic rings. The Kier molecular flexibility index (Phi) is 5.54. The first-order valence-electron chi connectivity index (χ1n) is 11.2. The molecule has 3 atom stereocenters. The largest absolute Gasteiger partial charge is 0.392 e. The molecule has 0 radical (unpaired) electrons. The molecular weight excluding hydrogens is 380 g/mol. The molecule has 1 unspecified atom stereocenters. The Hall–Kier alpha value is -1.93. The summed E-state index contributed by atoms with van der Waals surface area (Å²) in [6.07, 6.45) is 2.86. The van der Waals surface area contributed by atoms with Gasteiger partial charge in [-0.1, -0.05) is 18.2 Å². The Bertz CT molecular complexity index is 907. The zero-order valence-electron chi connectivity index (χ0n) is 17.7. The van der Waals surface area contributed by atoms with E-state index in [1.807, 2.05) is 11.0 Å². The lowest BCUT2D eigenvalue weighted by Gasteiger charge is -2.42. The van der Waals surface area contributed by atoms with Gasteiger partial charge in [0.15, 0.2) is 0 Å². The number of hydrogen-bond acceptors (Lipinski definition) is 5. The van der Waals surface area contributed by atoms with Crippen molar-refractivity contribution in [2.75, 3.05) is 45.9 Å². The molecule has 7 heteroatoms. The highest BCUT2D eigenvalue weighted by atomic mass is 16.5. The van der Waals surface area contributed by atoms with E-state index in [4.69, 9.17) is 4.74 Å². The topological polar surface area (TPSA) is 61.2 Å². The molecule has 5 rings (SSSR count). The molecule has 2 aromatic rings. The fraction of sp³-hybridized carbons (Fsp3) is 0.609. The molecule has 162 valence electrons. The van der Waals surface area contributed by atoms with E-state index in [1.165, 1.54) is 10.9 Å². The van der Waals surface area contributed by atoms with E-state index in [9.17, 15) is 9.90 Å². The number of amides is 1. The number of carbonyl (C=O) groups excluding carboxylic acids is 1. The van der Waals surface area contributed by atoms with Crippen LogP contribution in [0.4, 0.5) is 0 Å². The van der Waals surface area contributed by atoms with Gasteiger partial charge in [0.2, 0.25) is 5.91 Å². The molecule has 4 heterocycles. The van der Waals surface area contributed by atoms with Gasteiger partial charge in [-0.05, 0) is 25.0 Å². The van der Waals surface area contributed by atoms with Crippen LogP contribution in [0.3, 0.4) is 0 Å². The van der Waals surface area contributed by atoms with Gasteiger partial charge in [0.25, 0.3) is 0 Å². The number of benzene rings is 1. The van der Waals surface area contributed by atoms with Crippen molar-refractivity contribution in [2.45, 2.75) is 44.6 Å². The predicted octanol–water partition coefficient (Wildman–Crippen LogP) is 1.14. The van der Waals surface area contributed by atoms with Crippen LogP contribution >= 0.6 is 0 Å². The molecule has 1 aromatic carbocycles. The second kappa shape index (κ2) is 8.30. The Balaban J connectivity index is 1.35. The number of ether oxygens (including phenoxy) is 1. The summed E-state index contributed by atoms with van der Waals surface area (Å²) >= 11 is 0. The van der Waals surface area contributed by atoms with E-state index in [-0.39, 0.29) is 12.0 Å². The van der Waals surface area contributed by atoms with Crippen molar-refractivity contribution < 1.29 is 14.6 Å². The van der Waals surface area contributed by atoms with Crippen molar-refractivity contribution in [3.8, 4) is 0 Å². The second-order valence-electron chi connectivity index (χ2n) is 9.07. The van der Waals surface area contributed by atoms with Gasteiger partial charge in [0.05, 0.1) is 19.3 Å². The van der Waals surface area contributed by atoms with Gasteiger partial charge in [0, 0.05) is 68.5 Å². The third-order valence-electron chi connectivity index (χ3n) is 6.99. The Morgan fingerprint density at radius 3 is 2.80 bits per heavy atom. The highest BCUT2D eigenvalue weighted by Crippen LogP contribution is 2.29. The summed E-state index contributed by atoms with van der Waals surface area (Å²) in [6.45, 7) is 8.96. The number of aromatic nitrogens is 1. The van der Waals surface area contributed by atoms with E-state index in [0.29, 0.717) is 44.9 Å². The maximum atomic E-state index is 12.8. The van der Waals surface area contributed by atoms with Crippen LogP contribution in [0.25, 0.3) is 10.9 Å². The normalized spacial score (nSPS) is 28.2. The van der Waals surface area contributed by atoms with Crippen molar-refractivity contribution in [1.29, 1.82) is 0 Å². The van der Waals surface area contributed by atoms with Crippen LogP contribution in [-0.2, 0) is 22.6 Å². The lowest BCUT2D eigenvalue weighted by molar-refractivity contribution is -0.135. The van der Waals surface area contributed by atoms with Gasteiger partial charge in [-0.15, -0.1) is 0 Å². The van der Waals surface area contributed by atoms with Gasteiger partial charge in [-0.2, -0.15) is 0 Å². The average Bonchev–Trinajstić information content (AvgIpc) is 3.28. The second-order valence-corrected chi connectivity index (χ2v) is 9.07. The minimum absolute atomic E-state index is 0.160. The van der Waals surface area contributed by atoms with Gasteiger partial charge in [-0.25, -0.2) is 0 Å². The van der Waals surface area contributed by atoms with Crippen molar-refractivity contribution in [3.63, 3.8) is 0 Å². The molecule has 3 aliphatic heterocycles. The molecule has 1 N–H and O–H groups in total. The van der Waals surface area contributed by atoms with E-state index in [2.05, 4.69) is 45.7 Å². The quantitative estimate of drug-likeness (QED) is 0.816. The van der Waals surface area contributed by atoms with Crippen LogP contribution < -0.4 is 0 Å². The molecule has 3 saturated heterocycles. The van der Waals surface area contributed by atoms with Crippen LogP contribution in [0.15, 0.2) is 30.5 Å². The molecule has 1 amide bonds. The maximum absolute atomic E-state index is 12.8. The molecule has 30 heavy (non-hydrogen) atoms.